The summed E-state index contributed by atoms with van der Waals surface area (Å²) in [5, 5.41) is 7.92. The number of aromatic nitrogens is 2. The summed E-state index contributed by atoms with van der Waals surface area (Å²) in [6, 6.07) is 6.03. The lowest BCUT2D eigenvalue weighted by atomic mass is 9.97. The molecule has 0 spiro atoms. The van der Waals surface area contributed by atoms with Gasteiger partial charge in [-0.1, -0.05) is 12.1 Å². The summed E-state index contributed by atoms with van der Waals surface area (Å²) in [5.41, 5.74) is 2.32. The van der Waals surface area contributed by atoms with Crippen LogP contribution >= 0.6 is 0 Å². The van der Waals surface area contributed by atoms with Gasteiger partial charge in [0, 0.05) is 49.5 Å². The predicted molar refractivity (Wildman–Crippen MR) is 89.0 cm³/mol. The molecule has 128 valence electrons. The number of nitrogens with one attached hydrogen (secondary N) is 1. The molecule has 6 nitrogen and oxygen atoms in total. The highest BCUT2D eigenvalue weighted by molar-refractivity contribution is 5.48. The molecule has 1 aromatic heterocycles. The molecular formula is C18H23N3O3. The van der Waals surface area contributed by atoms with Gasteiger partial charge in [-0.2, -0.15) is 5.10 Å². The Bertz CT molecular complexity index is 701. The van der Waals surface area contributed by atoms with Gasteiger partial charge in [-0.15, -0.1) is 0 Å². The quantitative estimate of drug-likeness (QED) is 0.882. The van der Waals surface area contributed by atoms with E-state index in [1.54, 1.807) is 0 Å². The van der Waals surface area contributed by atoms with Crippen LogP contribution in [0.2, 0.25) is 0 Å². The van der Waals surface area contributed by atoms with E-state index in [1.165, 1.54) is 5.56 Å². The minimum absolute atomic E-state index is 0.138. The van der Waals surface area contributed by atoms with Crippen LogP contribution in [0.1, 0.15) is 30.6 Å². The summed E-state index contributed by atoms with van der Waals surface area (Å²) < 4.78 is 18.9. The van der Waals surface area contributed by atoms with Gasteiger partial charge in [-0.05, 0) is 19.4 Å². The molecular weight excluding hydrogens is 306 g/mol. The number of hydrogen-bond donors (Lipinski definition) is 1. The van der Waals surface area contributed by atoms with E-state index < -0.39 is 0 Å². The van der Waals surface area contributed by atoms with Gasteiger partial charge in [0.15, 0.2) is 11.5 Å². The smallest absolute Gasteiger partial charge is 0.231 e. The SMILES string of the molecule is CCn1cc([C@@H]2OCC[C@@H]2CNCc2cccc3c2OCO3)cn1. The Morgan fingerprint density at radius 2 is 2.29 bits per heavy atom. The van der Waals surface area contributed by atoms with Crippen molar-refractivity contribution >= 4 is 0 Å². The average Bonchev–Trinajstić information content (AvgIpc) is 3.34. The number of ether oxygens (including phenoxy) is 3. The molecule has 0 amide bonds. The van der Waals surface area contributed by atoms with Crippen molar-refractivity contribution < 1.29 is 14.2 Å². The van der Waals surface area contributed by atoms with E-state index >= 15 is 0 Å². The van der Waals surface area contributed by atoms with Crippen LogP contribution in [0.25, 0.3) is 0 Å². The fourth-order valence-corrected chi connectivity index (χ4v) is 3.43. The van der Waals surface area contributed by atoms with Gasteiger partial charge in [0.2, 0.25) is 6.79 Å². The largest absolute Gasteiger partial charge is 0.454 e. The zero-order chi connectivity index (χ0) is 16.4. The molecule has 2 aromatic rings. The molecule has 1 saturated heterocycles. The first-order valence-electron chi connectivity index (χ1n) is 8.57. The lowest BCUT2D eigenvalue weighted by Crippen LogP contribution is -2.24. The third-order valence-corrected chi connectivity index (χ3v) is 4.72. The minimum atomic E-state index is 0.138. The summed E-state index contributed by atoms with van der Waals surface area (Å²) in [7, 11) is 0. The highest BCUT2D eigenvalue weighted by Crippen LogP contribution is 2.36. The molecule has 0 bridgehead atoms. The van der Waals surface area contributed by atoms with Crippen molar-refractivity contribution in [2.45, 2.75) is 32.5 Å². The van der Waals surface area contributed by atoms with E-state index in [9.17, 15) is 0 Å². The third kappa shape index (κ3) is 2.99. The molecule has 2 aliphatic heterocycles. The third-order valence-electron chi connectivity index (χ3n) is 4.72. The molecule has 0 unspecified atom stereocenters. The van der Waals surface area contributed by atoms with Gasteiger partial charge in [0.1, 0.15) is 0 Å². The van der Waals surface area contributed by atoms with Gasteiger partial charge < -0.3 is 19.5 Å². The van der Waals surface area contributed by atoms with Crippen LogP contribution in [0.4, 0.5) is 0 Å². The first-order chi connectivity index (χ1) is 11.8. The standard InChI is InChI=1S/C18H23N3O3/c1-2-21-11-15(10-20-21)17-14(6-7-22-17)9-19-8-13-4-3-5-16-18(13)24-12-23-16/h3-5,10-11,14,17,19H,2,6-9,12H2,1H3/t14-,17-/m1/s1. The van der Waals surface area contributed by atoms with E-state index in [2.05, 4.69) is 29.6 Å². The first-order valence-corrected chi connectivity index (χ1v) is 8.57. The van der Waals surface area contributed by atoms with Gasteiger partial charge in [-0.25, -0.2) is 0 Å². The van der Waals surface area contributed by atoms with Crippen LogP contribution in [0, 0.1) is 5.92 Å². The molecule has 2 aliphatic rings. The van der Waals surface area contributed by atoms with Crippen LogP contribution in [0.15, 0.2) is 30.6 Å². The Hall–Kier alpha value is -2.05. The molecule has 0 radical (unpaired) electrons. The van der Waals surface area contributed by atoms with Crippen molar-refractivity contribution in [3.63, 3.8) is 0 Å². The molecule has 1 aromatic carbocycles. The lowest BCUT2D eigenvalue weighted by molar-refractivity contribution is 0.0903. The first kappa shape index (κ1) is 15.5. The topological polar surface area (TPSA) is 57.5 Å². The second-order valence-electron chi connectivity index (χ2n) is 6.25. The molecule has 24 heavy (non-hydrogen) atoms. The van der Waals surface area contributed by atoms with E-state index in [0.29, 0.717) is 12.7 Å². The maximum Gasteiger partial charge on any atom is 0.231 e. The molecule has 1 fully saturated rings. The van der Waals surface area contributed by atoms with Crippen molar-refractivity contribution in [1.82, 2.24) is 15.1 Å². The maximum atomic E-state index is 5.95. The summed E-state index contributed by atoms with van der Waals surface area (Å²) in [4.78, 5) is 0. The van der Waals surface area contributed by atoms with Crippen molar-refractivity contribution in [1.29, 1.82) is 0 Å². The van der Waals surface area contributed by atoms with Gasteiger partial charge in [0.05, 0.1) is 12.3 Å². The Morgan fingerprint density at radius 3 is 3.17 bits per heavy atom. The van der Waals surface area contributed by atoms with Crippen molar-refractivity contribution in [2.24, 2.45) is 5.92 Å². The predicted octanol–water partition coefficient (Wildman–Crippen LogP) is 2.50. The Kier molecular flexibility index (Phi) is 4.40. The van der Waals surface area contributed by atoms with E-state index in [0.717, 1.165) is 49.7 Å². The zero-order valence-electron chi connectivity index (χ0n) is 13.9. The lowest BCUT2D eigenvalue weighted by Gasteiger charge is -2.18. The Labute approximate surface area is 141 Å². The van der Waals surface area contributed by atoms with Crippen molar-refractivity contribution in [3.05, 3.63) is 41.7 Å². The summed E-state index contributed by atoms with van der Waals surface area (Å²) in [6.07, 6.45) is 5.24. The normalized spacial score (nSPS) is 22.2. The van der Waals surface area contributed by atoms with Crippen LogP contribution in [-0.4, -0.2) is 29.7 Å². The zero-order valence-corrected chi connectivity index (χ0v) is 13.9. The molecule has 1 N–H and O–H groups in total. The molecule has 0 aliphatic carbocycles. The monoisotopic (exact) mass is 329 g/mol. The van der Waals surface area contributed by atoms with Crippen molar-refractivity contribution in [2.75, 3.05) is 19.9 Å². The van der Waals surface area contributed by atoms with Crippen LogP contribution in [0.5, 0.6) is 11.5 Å². The Balaban J connectivity index is 1.36. The number of para-hydroxylation sites is 1. The summed E-state index contributed by atoms with van der Waals surface area (Å²) in [5.74, 6) is 2.17. The molecule has 0 saturated carbocycles. The number of hydrogen-bond acceptors (Lipinski definition) is 5. The number of benzene rings is 1. The fraction of sp³-hybridized carbons (Fsp3) is 0.500. The van der Waals surface area contributed by atoms with E-state index in [-0.39, 0.29) is 6.10 Å². The van der Waals surface area contributed by atoms with Crippen LogP contribution < -0.4 is 14.8 Å². The number of aryl methyl sites for hydroxylation is 1. The minimum Gasteiger partial charge on any atom is -0.454 e. The summed E-state index contributed by atoms with van der Waals surface area (Å²) >= 11 is 0. The van der Waals surface area contributed by atoms with E-state index in [4.69, 9.17) is 14.2 Å². The van der Waals surface area contributed by atoms with Crippen LogP contribution in [-0.2, 0) is 17.8 Å². The van der Waals surface area contributed by atoms with E-state index in [1.807, 2.05) is 23.0 Å². The molecule has 6 heteroatoms. The van der Waals surface area contributed by atoms with Gasteiger partial charge >= 0.3 is 0 Å². The maximum absolute atomic E-state index is 5.95. The van der Waals surface area contributed by atoms with Crippen LogP contribution in [0.3, 0.4) is 0 Å². The highest BCUT2D eigenvalue weighted by atomic mass is 16.7. The Morgan fingerprint density at radius 1 is 1.33 bits per heavy atom. The number of fused-ring (bicyclic) bond motifs is 1. The molecule has 2 atom stereocenters. The molecule has 4 rings (SSSR count). The second kappa shape index (κ2) is 6.83. The number of rotatable bonds is 6. The van der Waals surface area contributed by atoms with Gasteiger partial charge in [-0.3, -0.25) is 4.68 Å². The van der Waals surface area contributed by atoms with Gasteiger partial charge in [0.25, 0.3) is 0 Å². The summed E-state index contributed by atoms with van der Waals surface area (Å²) in [6.45, 7) is 5.78. The van der Waals surface area contributed by atoms with Crippen molar-refractivity contribution in [3.8, 4) is 11.5 Å². The fourth-order valence-electron chi connectivity index (χ4n) is 3.43. The molecule has 3 heterocycles. The average molecular weight is 329 g/mol. The number of nitrogens with zero attached hydrogens (tertiary/aromatic N) is 2. The second-order valence-corrected chi connectivity index (χ2v) is 6.25. The highest BCUT2D eigenvalue weighted by Gasteiger charge is 2.30.